The second kappa shape index (κ2) is 5.10. The topological polar surface area (TPSA) is 12.4 Å². The second-order valence-electron chi connectivity index (χ2n) is 8.90. The normalized spacial score (nSPS) is 50.2. The van der Waals surface area contributed by atoms with Gasteiger partial charge in [0.05, 0.1) is 5.54 Å². The van der Waals surface area contributed by atoms with Gasteiger partial charge in [-0.05, 0) is 87.9 Å². The molecule has 3 aliphatic carbocycles. The summed E-state index contributed by atoms with van der Waals surface area (Å²) in [6.07, 6.45) is 17.4. The fourth-order valence-electron chi connectivity index (χ4n) is 7.00. The van der Waals surface area contributed by atoms with Gasteiger partial charge in [0.15, 0.2) is 0 Å². The molecule has 0 aromatic heterocycles. The lowest BCUT2D eigenvalue weighted by atomic mass is 9.50. The Balaban J connectivity index is 1.75. The van der Waals surface area contributed by atoms with Crippen molar-refractivity contribution in [2.75, 3.05) is 0 Å². The fraction of sp³-hybridized carbons (Fsp3) is 0.950. The van der Waals surface area contributed by atoms with E-state index in [4.69, 9.17) is 4.99 Å². The third-order valence-corrected chi connectivity index (χ3v) is 7.99. The lowest BCUT2D eigenvalue weighted by Gasteiger charge is -2.57. The molecule has 0 aromatic carbocycles. The molecule has 0 radical (unpaired) electrons. The molecule has 21 heavy (non-hydrogen) atoms. The van der Waals surface area contributed by atoms with Gasteiger partial charge in [0.1, 0.15) is 0 Å². The van der Waals surface area contributed by atoms with E-state index in [-0.39, 0.29) is 0 Å². The van der Waals surface area contributed by atoms with E-state index in [1.54, 1.807) is 0 Å². The molecule has 3 fully saturated rings. The summed E-state index contributed by atoms with van der Waals surface area (Å²) in [5.74, 6) is 2.83. The summed E-state index contributed by atoms with van der Waals surface area (Å²) < 4.78 is 0. The van der Waals surface area contributed by atoms with Gasteiger partial charge in [0, 0.05) is 5.71 Å². The van der Waals surface area contributed by atoms with Crippen molar-refractivity contribution in [1.29, 1.82) is 0 Å². The average Bonchev–Trinajstić information content (AvgIpc) is 2.80. The van der Waals surface area contributed by atoms with Crippen LogP contribution in [-0.4, -0.2) is 11.3 Å². The highest BCUT2D eigenvalue weighted by atomic mass is 14.9. The molecule has 4 aliphatic rings. The zero-order valence-electron chi connectivity index (χ0n) is 14.2. The van der Waals surface area contributed by atoms with Crippen LogP contribution in [0, 0.1) is 23.2 Å². The monoisotopic (exact) mass is 287 g/mol. The molecule has 1 spiro atoms. The van der Waals surface area contributed by atoms with E-state index in [2.05, 4.69) is 13.8 Å². The summed E-state index contributed by atoms with van der Waals surface area (Å²) in [5, 5.41) is 0. The van der Waals surface area contributed by atoms with Gasteiger partial charge in [0.25, 0.3) is 0 Å². The van der Waals surface area contributed by atoms with E-state index in [1.165, 1.54) is 82.8 Å². The van der Waals surface area contributed by atoms with Crippen LogP contribution in [0.15, 0.2) is 4.99 Å². The largest absolute Gasteiger partial charge is 0.287 e. The molecule has 3 saturated carbocycles. The van der Waals surface area contributed by atoms with E-state index >= 15 is 0 Å². The standard InChI is InChI=1S/C20H33N/c1-15-7-3-4-9-17-10-11-18-19(2)13-6-5-8-16(19)12-14-20(17,18)21-15/h16-18H,3-14H2,1-2H3/t16-,17+,18+,19-,20+/m0/s1. The number of aliphatic imine (C=N–C) groups is 1. The third-order valence-electron chi connectivity index (χ3n) is 7.99. The molecular weight excluding hydrogens is 254 g/mol. The lowest BCUT2D eigenvalue weighted by Crippen LogP contribution is -2.54. The van der Waals surface area contributed by atoms with E-state index in [0.717, 1.165) is 17.8 Å². The highest BCUT2D eigenvalue weighted by Crippen LogP contribution is 2.65. The summed E-state index contributed by atoms with van der Waals surface area (Å²) in [4.78, 5) is 5.50. The maximum absolute atomic E-state index is 5.50. The van der Waals surface area contributed by atoms with Gasteiger partial charge in [0.2, 0.25) is 0 Å². The van der Waals surface area contributed by atoms with Crippen LogP contribution in [-0.2, 0) is 0 Å². The first-order valence-electron chi connectivity index (χ1n) is 9.70. The Kier molecular flexibility index (Phi) is 3.47. The van der Waals surface area contributed by atoms with E-state index < -0.39 is 0 Å². The van der Waals surface area contributed by atoms with Gasteiger partial charge in [-0.25, -0.2) is 0 Å². The van der Waals surface area contributed by atoms with Crippen LogP contribution in [0.1, 0.15) is 90.9 Å². The van der Waals surface area contributed by atoms with Crippen LogP contribution in [0.4, 0.5) is 0 Å². The summed E-state index contributed by atoms with van der Waals surface area (Å²) >= 11 is 0. The molecule has 1 aliphatic heterocycles. The first-order chi connectivity index (χ1) is 10.2. The second-order valence-corrected chi connectivity index (χ2v) is 8.90. The smallest absolute Gasteiger partial charge is 0.0668 e. The number of nitrogens with zero attached hydrogens (tertiary/aromatic N) is 1. The molecule has 1 nitrogen and oxygen atoms in total. The minimum absolute atomic E-state index is 0.368. The van der Waals surface area contributed by atoms with Gasteiger partial charge < -0.3 is 0 Å². The first kappa shape index (κ1) is 14.3. The lowest BCUT2D eigenvalue weighted by molar-refractivity contribution is -0.0436. The van der Waals surface area contributed by atoms with Crippen LogP contribution in [0.2, 0.25) is 0 Å². The van der Waals surface area contributed by atoms with E-state index in [1.807, 2.05) is 0 Å². The minimum atomic E-state index is 0.368. The number of fused-ring (bicyclic) bond motifs is 2. The van der Waals surface area contributed by atoms with Crippen molar-refractivity contribution in [1.82, 2.24) is 0 Å². The molecule has 0 aromatic rings. The maximum Gasteiger partial charge on any atom is 0.0668 e. The highest BCUT2D eigenvalue weighted by Gasteiger charge is 2.61. The Morgan fingerprint density at radius 1 is 0.857 bits per heavy atom. The summed E-state index contributed by atoms with van der Waals surface area (Å²) in [6, 6.07) is 0. The Morgan fingerprint density at radius 2 is 1.67 bits per heavy atom. The molecule has 118 valence electrons. The molecule has 1 heterocycles. The quantitative estimate of drug-likeness (QED) is 0.536. The molecule has 0 amide bonds. The van der Waals surface area contributed by atoms with Crippen LogP contribution in [0.25, 0.3) is 0 Å². The summed E-state index contributed by atoms with van der Waals surface area (Å²) in [7, 11) is 0. The molecular formula is C20H33N. The minimum Gasteiger partial charge on any atom is -0.287 e. The number of rotatable bonds is 0. The zero-order chi connectivity index (χ0) is 14.5. The molecule has 5 atom stereocenters. The van der Waals surface area contributed by atoms with E-state index in [9.17, 15) is 0 Å². The molecule has 0 N–H and O–H groups in total. The van der Waals surface area contributed by atoms with Crippen molar-refractivity contribution in [3.05, 3.63) is 0 Å². The molecule has 0 unspecified atom stereocenters. The fourth-order valence-corrected chi connectivity index (χ4v) is 7.00. The first-order valence-corrected chi connectivity index (χ1v) is 9.70. The molecule has 1 heteroatoms. The van der Waals surface area contributed by atoms with E-state index in [0.29, 0.717) is 11.0 Å². The molecule has 0 bridgehead atoms. The number of hydrogen-bond acceptors (Lipinski definition) is 1. The van der Waals surface area contributed by atoms with Crippen molar-refractivity contribution in [2.45, 2.75) is 96.4 Å². The van der Waals surface area contributed by atoms with Gasteiger partial charge in [-0.15, -0.1) is 0 Å². The summed E-state index contributed by atoms with van der Waals surface area (Å²) in [5.41, 5.74) is 2.46. The molecule has 4 rings (SSSR count). The SMILES string of the molecule is CC1=N[C@@]23CC[C@@H]4CCCC[C@]4(C)[C@H]2CC[C@H]3CCCC1. The van der Waals surface area contributed by atoms with Gasteiger partial charge in [-0.3, -0.25) is 4.99 Å². The summed E-state index contributed by atoms with van der Waals surface area (Å²) in [6.45, 7) is 4.98. The number of hydrogen-bond donors (Lipinski definition) is 0. The maximum atomic E-state index is 5.50. The Labute approximate surface area is 131 Å². The average molecular weight is 287 g/mol. The highest BCUT2D eigenvalue weighted by molar-refractivity contribution is 5.82. The Bertz CT molecular complexity index is 439. The van der Waals surface area contributed by atoms with Crippen molar-refractivity contribution < 1.29 is 0 Å². The van der Waals surface area contributed by atoms with Gasteiger partial charge in [-0.1, -0.05) is 26.2 Å². The van der Waals surface area contributed by atoms with Crippen molar-refractivity contribution in [3.8, 4) is 0 Å². The van der Waals surface area contributed by atoms with Gasteiger partial charge >= 0.3 is 0 Å². The Morgan fingerprint density at radius 3 is 2.57 bits per heavy atom. The van der Waals surface area contributed by atoms with Crippen LogP contribution >= 0.6 is 0 Å². The van der Waals surface area contributed by atoms with Crippen LogP contribution in [0.5, 0.6) is 0 Å². The van der Waals surface area contributed by atoms with Crippen molar-refractivity contribution in [3.63, 3.8) is 0 Å². The Hall–Kier alpha value is -0.330. The van der Waals surface area contributed by atoms with Gasteiger partial charge in [-0.2, -0.15) is 0 Å². The molecule has 0 saturated heterocycles. The van der Waals surface area contributed by atoms with Crippen molar-refractivity contribution >= 4 is 5.71 Å². The predicted molar refractivity (Wildman–Crippen MR) is 89.8 cm³/mol. The van der Waals surface area contributed by atoms with Crippen LogP contribution < -0.4 is 0 Å². The van der Waals surface area contributed by atoms with Crippen molar-refractivity contribution in [2.24, 2.45) is 28.2 Å². The zero-order valence-corrected chi connectivity index (χ0v) is 14.2. The predicted octanol–water partition coefficient (Wildman–Crippen LogP) is 5.78. The van der Waals surface area contributed by atoms with Crippen LogP contribution in [0.3, 0.4) is 0 Å². The third kappa shape index (κ3) is 2.05.